The highest BCUT2D eigenvalue weighted by atomic mass is 35.5. The van der Waals surface area contributed by atoms with Crippen LogP contribution in [0, 0.1) is 0 Å². The SMILES string of the molecule is O=C(Nc1ccccc1)c1ccoc1Cl. The quantitative estimate of drug-likeness (QED) is 0.846. The van der Waals surface area contributed by atoms with E-state index >= 15 is 0 Å². The zero-order valence-corrected chi connectivity index (χ0v) is 8.49. The van der Waals surface area contributed by atoms with Gasteiger partial charge in [0.2, 0.25) is 5.22 Å². The third-order valence-corrected chi connectivity index (χ3v) is 2.19. The van der Waals surface area contributed by atoms with Crippen LogP contribution in [0.15, 0.2) is 47.1 Å². The molecule has 1 heterocycles. The van der Waals surface area contributed by atoms with Crippen molar-refractivity contribution in [3.63, 3.8) is 0 Å². The van der Waals surface area contributed by atoms with E-state index in [2.05, 4.69) is 5.32 Å². The number of carbonyl (C=O) groups excluding carboxylic acids is 1. The normalized spacial score (nSPS) is 9.93. The number of benzene rings is 1. The van der Waals surface area contributed by atoms with E-state index in [0.29, 0.717) is 5.56 Å². The average molecular weight is 222 g/mol. The summed E-state index contributed by atoms with van der Waals surface area (Å²) in [5.74, 6) is -0.278. The summed E-state index contributed by atoms with van der Waals surface area (Å²) >= 11 is 5.67. The number of hydrogen-bond donors (Lipinski definition) is 1. The number of hydrogen-bond acceptors (Lipinski definition) is 2. The van der Waals surface area contributed by atoms with Gasteiger partial charge in [0.1, 0.15) is 0 Å². The van der Waals surface area contributed by atoms with E-state index in [1.807, 2.05) is 18.2 Å². The van der Waals surface area contributed by atoms with Gasteiger partial charge in [0.15, 0.2) is 0 Å². The highest BCUT2D eigenvalue weighted by molar-refractivity contribution is 6.32. The maximum atomic E-state index is 11.6. The minimum absolute atomic E-state index is 0.100. The van der Waals surface area contributed by atoms with Crippen molar-refractivity contribution in [2.45, 2.75) is 0 Å². The Kier molecular flexibility index (Phi) is 2.74. The molecule has 0 saturated heterocycles. The zero-order valence-electron chi connectivity index (χ0n) is 7.74. The van der Waals surface area contributed by atoms with Crippen molar-refractivity contribution in [1.29, 1.82) is 0 Å². The minimum atomic E-state index is -0.278. The van der Waals surface area contributed by atoms with Crippen LogP contribution >= 0.6 is 11.6 Å². The standard InChI is InChI=1S/C11H8ClNO2/c12-10-9(6-7-15-10)11(14)13-8-4-2-1-3-5-8/h1-7H,(H,13,14). The van der Waals surface area contributed by atoms with Gasteiger partial charge in [-0.1, -0.05) is 18.2 Å². The Bertz CT molecular complexity index is 464. The summed E-state index contributed by atoms with van der Waals surface area (Å²) in [6.07, 6.45) is 1.38. The first-order chi connectivity index (χ1) is 7.27. The molecule has 1 aromatic carbocycles. The van der Waals surface area contributed by atoms with Crippen LogP contribution < -0.4 is 5.32 Å². The number of carbonyl (C=O) groups is 1. The monoisotopic (exact) mass is 221 g/mol. The predicted molar refractivity (Wildman–Crippen MR) is 58.1 cm³/mol. The molecule has 2 rings (SSSR count). The van der Waals surface area contributed by atoms with Crippen molar-refractivity contribution < 1.29 is 9.21 Å². The van der Waals surface area contributed by atoms with Gasteiger partial charge < -0.3 is 9.73 Å². The smallest absolute Gasteiger partial charge is 0.260 e. The number of rotatable bonds is 2. The molecule has 1 amide bonds. The fourth-order valence-corrected chi connectivity index (χ4v) is 1.38. The van der Waals surface area contributed by atoms with Crippen molar-refractivity contribution in [1.82, 2.24) is 0 Å². The van der Waals surface area contributed by atoms with Gasteiger partial charge in [-0.25, -0.2) is 0 Å². The van der Waals surface area contributed by atoms with E-state index in [-0.39, 0.29) is 11.1 Å². The Hall–Kier alpha value is -1.74. The molecule has 0 atom stereocenters. The van der Waals surface area contributed by atoms with Gasteiger partial charge in [0, 0.05) is 5.69 Å². The Labute approximate surface area is 91.7 Å². The molecule has 0 aliphatic carbocycles. The lowest BCUT2D eigenvalue weighted by Gasteiger charge is -2.02. The molecular formula is C11H8ClNO2. The van der Waals surface area contributed by atoms with Crippen LogP contribution in [-0.4, -0.2) is 5.91 Å². The summed E-state index contributed by atoms with van der Waals surface area (Å²) in [4.78, 5) is 11.6. The number of halogens is 1. The van der Waals surface area contributed by atoms with Crippen LogP contribution in [0.3, 0.4) is 0 Å². The van der Waals surface area contributed by atoms with E-state index in [4.69, 9.17) is 16.0 Å². The molecule has 0 bridgehead atoms. The Balaban J connectivity index is 2.15. The van der Waals surface area contributed by atoms with Crippen LogP contribution in [0.25, 0.3) is 0 Å². The van der Waals surface area contributed by atoms with Gasteiger partial charge in [-0.3, -0.25) is 4.79 Å². The first kappa shape index (κ1) is 9.80. The molecule has 3 nitrogen and oxygen atoms in total. The summed E-state index contributed by atoms with van der Waals surface area (Å²) in [5.41, 5.74) is 1.06. The first-order valence-corrected chi connectivity index (χ1v) is 4.74. The maximum absolute atomic E-state index is 11.6. The number of furan rings is 1. The average Bonchev–Trinajstić information content (AvgIpc) is 2.66. The molecule has 15 heavy (non-hydrogen) atoms. The molecule has 2 aromatic rings. The van der Waals surface area contributed by atoms with Gasteiger partial charge in [0.05, 0.1) is 11.8 Å². The molecule has 4 heteroatoms. The molecule has 0 fully saturated rings. The van der Waals surface area contributed by atoms with E-state index in [9.17, 15) is 4.79 Å². The second kappa shape index (κ2) is 4.19. The van der Waals surface area contributed by atoms with Crippen molar-refractivity contribution >= 4 is 23.2 Å². The van der Waals surface area contributed by atoms with Crippen LogP contribution in [-0.2, 0) is 0 Å². The van der Waals surface area contributed by atoms with Crippen molar-refractivity contribution in [2.24, 2.45) is 0 Å². The van der Waals surface area contributed by atoms with Gasteiger partial charge >= 0.3 is 0 Å². The lowest BCUT2D eigenvalue weighted by molar-refractivity contribution is 0.102. The number of para-hydroxylation sites is 1. The van der Waals surface area contributed by atoms with Gasteiger partial charge in [0.25, 0.3) is 5.91 Å². The predicted octanol–water partition coefficient (Wildman–Crippen LogP) is 3.19. The molecule has 1 aromatic heterocycles. The van der Waals surface area contributed by atoms with Crippen LogP contribution in [0.1, 0.15) is 10.4 Å². The number of amides is 1. The molecule has 0 radical (unpaired) electrons. The summed E-state index contributed by atoms with van der Waals surface area (Å²) < 4.78 is 4.83. The van der Waals surface area contributed by atoms with E-state index in [0.717, 1.165) is 5.69 Å². The third kappa shape index (κ3) is 2.19. The fourth-order valence-electron chi connectivity index (χ4n) is 1.18. The van der Waals surface area contributed by atoms with E-state index in [1.165, 1.54) is 12.3 Å². The van der Waals surface area contributed by atoms with Crippen molar-refractivity contribution in [3.05, 3.63) is 53.4 Å². The Morgan fingerprint density at radius 1 is 1.20 bits per heavy atom. The molecular weight excluding hydrogens is 214 g/mol. The molecule has 0 saturated carbocycles. The molecule has 0 unspecified atom stereocenters. The Morgan fingerprint density at radius 3 is 2.53 bits per heavy atom. The maximum Gasteiger partial charge on any atom is 0.260 e. The summed E-state index contributed by atoms with van der Waals surface area (Å²) in [5, 5.41) is 2.80. The lowest BCUT2D eigenvalue weighted by Crippen LogP contribution is -2.11. The molecule has 0 spiro atoms. The number of anilines is 1. The molecule has 1 N–H and O–H groups in total. The van der Waals surface area contributed by atoms with Gasteiger partial charge in [-0.2, -0.15) is 0 Å². The topological polar surface area (TPSA) is 42.2 Å². The van der Waals surface area contributed by atoms with Crippen LogP contribution in [0.4, 0.5) is 5.69 Å². The number of nitrogens with one attached hydrogen (secondary N) is 1. The Morgan fingerprint density at radius 2 is 1.93 bits per heavy atom. The highest BCUT2D eigenvalue weighted by Gasteiger charge is 2.12. The first-order valence-electron chi connectivity index (χ1n) is 4.37. The third-order valence-electron chi connectivity index (χ3n) is 1.89. The summed E-state index contributed by atoms with van der Waals surface area (Å²) in [6, 6.07) is 10.7. The van der Waals surface area contributed by atoms with Crippen LogP contribution in [0.5, 0.6) is 0 Å². The van der Waals surface area contributed by atoms with E-state index < -0.39 is 0 Å². The molecule has 76 valence electrons. The van der Waals surface area contributed by atoms with E-state index in [1.54, 1.807) is 12.1 Å². The summed E-state index contributed by atoms with van der Waals surface area (Å²) in [6.45, 7) is 0. The summed E-state index contributed by atoms with van der Waals surface area (Å²) in [7, 11) is 0. The highest BCUT2D eigenvalue weighted by Crippen LogP contribution is 2.18. The largest absolute Gasteiger partial charge is 0.452 e. The van der Waals surface area contributed by atoms with Gasteiger partial charge in [-0.15, -0.1) is 0 Å². The molecule has 0 aliphatic rings. The minimum Gasteiger partial charge on any atom is -0.452 e. The van der Waals surface area contributed by atoms with Gasteiger partial charge in [-0.05, 0) is 29.8 Å². The second-order valence-corrected chi connectivity index (χ2v) is 3.27. The lowest BCUT2D eigenvalue weighted by atomic mass is 10.3. The van der Waals surface area contributed by atoms with Crippen molar-refractivity contribution in [2.75, 3.05) is 5.32 Å². The molecule has 0 aliphatic heterocycles. The van der Waals surface area contributed by atoms with Crippen LogP contribution in [0.2, 0.25) is 5.22 Å². The van der Waals surface area contributed by atoms with Crippen molar-refractivity contribution in [3.8, 4) is 0 Å². The zero-order chi connectivity index (χ0) is 10.7. The fraction of sp³-hybridized carbons (Fsp3) is 0. The second-order valence-electron chi connectivity index (χ2n) is 2.93.